The lowest BCUT2D eigenvalue weighted by atomic mass is 9.93. The molecule has 0 radical (unpaired) electrons. The lowest BCUT2D eigenvalue weighted by Gasteiger charge is -2.27. The molecule has 3 rings (SSSR count). The van der Waals surface area contributed by atoms with E-state index in [0.717, 1.165) is 0 Å². The van der Waals surface area contributed by atoms with Gasteiger partial charge in [0.25, 0.3) is 10.0 Å². The number of anilines is 2. The average molecular weight is 416 g/mol. The molecule has 0 aliphatic carbocycles. The summed E-state index contributed by atoms with van der Waals surface area (Å²) in [6.07, 6.45) is 1.62. The predicted octanol–water partition coefficient (Wildman–Crippen LogP) is 3.43. The van der Waals surface area contributed by atoms with E-state index in [1.807, 2.05) is 13.8 Å². The summed E-state index contributed by atoms with van der Waals surface area (Å²) in [5, 5.41) is 0. The van der Waals surface area contributed by atoms with E-state index in [2.05, 4.69) is 11.3 Å². The summed E-state index contributed by atoms with van der Waals surface area (Å²) >= 11 is 0. The molecule has 0 saturated carbocycles. The van der Waals surface area contributed by atoms with Gasteiger partial charge in [0.2, 0.25) is 5.91 Å². The van der Waals surface area contributed by atoms with Gasteiger partial charge in [-0.2, -0.15) is 0 Å². The van der Waals surface area contributed by atoms with Crippen molar-refractivity contribution in [2.24, 2.45) is 5.41 Å². The van der Waals surface area contributed by atoms with Crippen molar-refractivity contribution in [1.29, 1.82) is 0 Å². The number of carbonyl (C=O) groups excluding carboxylic acids is 1. The van der Waals surface area contributed by atoms with Crippen molar-refractivity contribution < 1.29 is 22.7 Å². The van der Waals surface area contributed by atoms with Crippen LogP contribution in [0.1, 0.15) is 13.8 Å². The summed E-state index contributed by atoms with van der Waals surface area (Å²) in [6.45, 7) is 7.84. The summed E-state index contributed by atoms with van der Waals surface area (Å²) in [4.78, 5) is 14.5. The molecule has 0 spiro atoms. The van der Waals surface area contributed by atoms with Gasteiger partial charge in [0.1, 0.15) is 23.0 Å². The van der Waals surface area contributed by atoms with E-state index in [9.17, 15) is 13.2 Å². The Bertz CT molecular complexity index is 1050. The van der Waals surface area contributed by atoms with Crippen LogP contribution < -0.4 is 19.1 Å². The SMILES string of the molecule is C=CCN1C(=O)C(C)(C)COc2ccc(NS(=O)(=O)c3ccccc3OC)cc21. The highest BCUT2D eigenvalue weighted by Gasteiger charge is 2.37. The molecule has 2 aromatic rings. The molecule has 0 bridgehead atoms. The van der Waals surface area contributed by atoms with Crippen LogP contribution >= 0.6 is 0 Å². The summed E-state index contributed by atoms with van der Waals surface area (Å²) in [6, 6.07) is 11.2. The molecule has 29 heavy (non-hydrogen) atoms. The number of hydrogen-bond acceptors (Lipinski definition) is 5. The monoisotopic (exact) mass is 416 g/mol. The normalized spacial score (nSPS) is 15.7. The molecule has 0 aromatic heterocycles. The molecule has 1 heterocycles. The lowest BCUT2D eigenvalue weighted by Crippen LogP contribution is -2.42. The van der Waals surface area contributed by atoms with E-state index >= 15 is 0 Å². The number of para-hydroxylation sites is 1. The minimum atomic E-state index is -3.90. The number of rotatable bonds is 6. The van der Waals surface area contributed by atoms with Crippen LogP contribution in [-0.4, -0.2) is 34.6 Å². The molecular weight excluding hydrogens is 392 g/mol. The Morgan fingerprint density at radius 3 is 2.69 bits per heavy atom. The first-order valence-electron chi connectivity index (χ1n) is 9.05. The lowest BCUT2D eigenvalue weighted by molar-refractivity contribution is -0.127. The minimum absolute atomic E-state index is 0.0221. The summed E-state index contributed by atoms with van der Waals surface area (Å²) in [7, 11) is -2.49. The van der Waals surface area contributed by atoms with Crippen molar-refractivity contribution in [1.82, 2.24) is 0 Å². The van der Waals surface area contributed by atoms with Crippen molar-refractivity contribution in [3.05, 3.63) is 55.1 Å². The first kappa shape index (κ1) is 20.7. The maximum atomic E-state index is 13.0. The van der Waals surface area contributed by atoms with Crippen molar-refractivity contribution >= 4 is 27.3 Å². The highest BCUT2D eigenvalue weighted by Crippen LogP contribution is 2.38. The molecule has 2 aromatic carbocycles. The fourth-order valence-corrected chi connectivity index (χ4v) is 4.29. The maximum absolute atomic E-state index is 13.0. The number of benzene rings is 2. The van der Waals surface area contributed by atoms with Gasteiger partial charge in [-0.15, -0.1) is 6.58 Å². The number of nitrogens with one attached hydrogen (secondary N) is 1. The van der Waals surface area contributed by atoms with Gasteiger partial charge in [-0.1, -0.05) is 18.2 Å². The van der Waals surface area contributed by atoms with E-state index in [1.54, 1.807) is 47.4 Å². The molecular formula is C21H24N2O5S. The third-order valence-corrected chi connectivity index (χ3v) is 6.01. The Balaban J connectivity index is 2.01. The average Bonchev–Trinajstić information content (AvgIpc) is 2.78. The Morgan fingerprint density at radius 1 is 1.28 bits per heavy atom. The van der Waals surface area contributed by atoms with Crippen molar-refractivity contribution in [2.45, 2.75) is 18.7 Å². The minimum Gasteiger partial charge on any atom is -0.495 e. The van der Waals surface area contributed by atoms with Crippen LogP contribution in [0.2, 0.25) is 0 Å². The number of hydrogen-bond donors (Lipinski definition) is 1. The number of sulfonamides is 1. The van der Waals surface area contributed by atoms with Crippen molar-refractivity contribution in [3.8, 4) is 11.5 Å². The van der Waals surface area contributed by atoms with Crippen LogP contribution in [0.15, 0.2) is 60.0 Å². The van der Waals surface area contributed by atoms with Gasteiger partial charge >= 0.3 is 0 Å². The predicted molar refractivity (Wildman–Crippen MR) is 112 cm³/mol. The topological polar surface area (TPSA) is 84.9 Å². The highest BCUT2D eigenvalue weighted by atomic mass is 32.2. The Hall–Kier alpha value is -3.00. The highest BCUT2D eigenvalue weighted by molar-refractivity contribution is 7.92. The fourth-order valence-electron chi connectivity index (χ4n) is 3.07. The van der Waals surface area contributed by atoms with Gasteiger partial charge in [0, 0.05) is 6.54 Å². The first-order chi connectivity index (χ1) is 13.7. The molecule has 1 aliphatic rings. The summed E-state index contributed by atoms with van der Waals surface area (Å²) in [5.41, 5.74) is 0.0690. The molecule has 1 N–H and O–H groups in total. The van der Waals surface area contributed by atoms with Crippen LogP contribution in [0.3, 0.4) is 0 Å². The molecule has 7 nitrogen and oxygen atoms in total. The summed E-state index contributed by atoms with van der Waals surface area (Å²) < 4.78 is 39.3. The van der Waals surface area contributed by atoms with Crippen LogP contribution in [-0.2, 0) is 14.8 Å². The number of fused-ring (bicyclic) bond motifs is 1. The number of methoxy groups -OCH3 is 1. The fraction of sp³-hybridized carbons (Fsp3) is 0.286. The van der Waals surface area contributed by atoms with Gasteiger partial charge in [0.15, 0.2) is 0 Å². The third kappa shape index (κ3) is 4.07. The van der Waals surface area contributed by atoms with Crippen LogP contribution in [0.4, 0.5) is 11.4 Å². The molecule has 154 valence electrons. The standard InChI is InChI=1S/C21H24N2O5S/c1-5-12-23-16-13-15(10-11-17(16)28-14-21(2,3)20(23)24)22-29(25,26)19-9-7-6-8-18(19)27-4/h5-11,13,22H,1,12,14H2,2-4H3. The third-order valence-electron chi connectivity index (χ3n) is 4.58. The van der Waals surface area contributed by atoms with Crippen LogP contribution in [0.5, 0.6) is 11.5 Å². The second kappa shape index (κ2) is 7.79. The molecule has 1 amide bonds. The molecule has 0 fully saturated rings. The van der Waals surface area contributed by atoms with Gasteiger partial charge in [0.05, 0.1) is 23.9 Å². The van der Waals surface area contributed by atoms with Crippen molar-refractivity contribution in [2.75, 3.05) is 29.9 Å². The van der Waals surface area contributed by atoms with E-state index < -0.39 is 15.4 Å². The van der Waals surface area contributed by atoms with E-state index in [4.69, 9.17) is 9.47 Å². The van der Waals surface area contributed by atoms with Gasteiger partial charge in [-0.05, 0) is 44.2 Å². The quantitative estimate of drug-likeness (QED) is 0.730. The number of nitrogens with zero attached hydrogens (tertiary/aromatic N) is 1. The number of amides is 1. The number of carbonyl (C=O) groups is 1. The Kier molecular flexibility index (Phi) is 5.57. The van der Waals surface area contributed by atoms with E-state index in [0.29, 0.717) is 17.1 Å². The zero-order valence-corrected chi connectivity index (χ0v) is 17.5. The second-order valence-electron chi connectivity index (χ2n) is 7.32. The van der Waals surface area contributed by atoms with E-state index in [1.165, 1.54) is 13.2 Å². The van der Waals surface area contributed by atoms with E-state index in [-0.39, 0.29) is 29.7 Å². The Labute approximate surface area is 171 Å². The maximum Gasteiger partial charge on any atom is 0.265 e. The smallest absolute Gasteiger partial charge is 0.265 e. The molecule has 8 heteroatoms. The molecule has 0 unspecified atom stereocenters. The first-order valence-corrected chi connectivity index (χ1v) is 10.5. The zero-order valence-electron chi connectivity index (χ0n) is 16.6. The van der Waals surface area contributed by atoms with Crippen LogP contribution in [0, 0.1) is 5.41 Å². The molecule has 0 saturated heterocycles. The largest absolute Gasteiger partial charge is 0.495 e. The molecule has 1 aliphatic heterocycles. The van der Waals surface area contributed by atoms with Gasteiger partial charge in [-0.3, -0.25) is 9.52 Å². The van der Waals surface area contributed by atoms with Gasteiger partial charge < -0.3 is 14.4 Å². The van der Waals surface area contributed by atoms with Crippen LogP contribution in [0.25, 0.3) is 0 Å². The van der Waals surface area contributed by atoms with Gasteiger partial charge in [-0.25, -0.2) is 8.42 Å². The number of ether oxygens (including phenoxy) is 2. The van der Waals surface area contributed by atoms with Crippen molar-refractivity contribution in [3.63, 3.8) is 0 Å². The Morgan fingerprint density at radius 2 is 2.00 bits per heavy atom. The summed E-state index contributed by atoms with van der Waals surface area (Å²) in [5.74, 6) is 0.621. The zero-order chi connectivity index (χ0) is 21.2. The molecule has 0 atom stereocenters. The second-order valence-corrected chi connectivity index (χ2v) is 8.97.